The molecule has 0 aromatic rings. The maximum atomic E-state index is 11.4. The summed E-state index contributed by atoms with van der Waals surface area (Å²) in [4.78, 5) is 11.4. The average Bonchev–Trinajstić information content (AvgIpc) is 2.03. The van der Waals surface area contributed by atoms with E-state index in [-0.39, 0.29) is 0 Å². The van der Waals surface area contributed by atoms with E-state index in [1.165, 1.54) is 0 Å². The van der Waals surface area contributed by atoms with E-state index in [1.807, 2.05) is 0 Å². The van der Waals surface area contributed by atoms with Crippen LogP contribution in [-0.2, 0) is 4.79 Å². The molecule has 0 N–H and O–H groups in total. The minimum Gasteiger partial charge on any atom is -0.299 e. The molecule has 0 aliphatic heterocycles. The van der Waals surface area contributed by atoms with E-state index in [4.69, 9.17) is 0 Å². The van der Waals surface area contributed by atoms with Crippen LogP contribution >= 0.6 is 0 Å². The van der Waals surface area contributed by atoms with Crippen molar-refractivity contribution >= 4 is 5.78 Å². The van der Waals surface area contributed by atoms with Gasteiger partial charge in [-0.1, -0.05) is 27.2 Å². The predicted molar refractivity (Wildman–Crippen MR) is 48.6 cm³/mol. The van der Waals surface area contributed by atoms with Crippen molar-refractivity contribution in [3.8, 4) is 0 Å². The molecule has 1 heteroatoms. The molecule has 0 atom stereocenters. The lowest BCUT2D eigenvalue weighted by Gasteiger charge is -2.09. The second-order valence-electron chi connectivity index (χ2n) is 3.08. The van der Waals surface area contributed by atoms with Gasteiger partial charge in [-0.2, -0.15) is 0 Å². The maximum Gasteiger partial charge on any atom is 0.135 e. The largest absolute Gasteiger partial charge is 0.299 e. The first kappa shape index (κ1) is 10.7. The summed E-state index contributed by atoms with van der Waals surface area (Å²) in [5.74, 6) is 0.804. The van der Waals surface area contributed by atoms with Crippen molar-refractivity contribution in [2.24, 2.45) is 5.92 Å². The van der Waals surface area contributed by atoms with Gasteiger partial charge >= 0.3 is 0 Å². The Hall–Kier alpha value is -0.330. The van der Waals surface area contributed by atoms with Crippen molar-refractivity contribution in [2.45, 2.75) is 52.9 Å². The van der Waals surface area contributed by atoms with Crippen LogP contribution in [0.4, 0.5) is 0 Å². The van der Waals surface area contributed by atoms with Crippen LogP contribution in [-0.4, -0.2) is 5.78 Å². The lowest BCUT2D eigenvalue weighted by Crippen LogP contribution is -2.11. The van der Waals surface area contributed by atoms with E-state index in [9.17, 15) is 4.79 Å². The summed E-state index contributed by atoms with van der Waals surface area (Å²) in [5.41, 5.74) is 0. The number of unbranched alkanes of at least 4 members (excludes halogenated alkanes) is 1. The van der Waals surface area contributed by atoms with Crippen molar-refractivity contribution in [2.75, 3.05) is 0 Å². The van der Waals surface area contributed by atoms with Crippen LogP contribution in [0, 0.1) is 5.92 Å². The molecule has 0 unspecified atom stereocenters. The van der Waals surface area contributed by atoms with Gasteiger partial charge in [-0.3, -0.25) is 4.79 Å². The molecule has 0 radical (unpaired) electrons. The molecule has 0 aromatic heterocycles. The third kappa shape index (κ3) is 4.18. The first-order chi connectivity index (χ1) is 5.26. The third-order valence-electron chi connectivity index (χ3n) is 2.22. The first-order valence-corrected chi connectivity index (χ1v) is 4.78. The van der Waals surface area contributed by atoms with Gasteiger partial charge in [-0.25, -0.2) is 0 Å². The number of carbonyl (C=O) groups excluding carboxylic acids is 1. The number of ketones is 1. The maximum absolute atomic E-state index is 11.4. The van der Waals surface area contributed by atoms with E-state index in [0.717, 1.165) is 32.1 Å². The van der Waals surface area contributed by atoms with Crippen LogP contribution in [0.15, 0.2) is 0 Å². The lowest BCUT2D eigenvalue weighted by atomic mass is 9.95. The summed E-state index contributed by atoms with van der Waals surface area (Å²) >= 11 is 0. The van der Waals surface area contributed by atoms with Gasteiger partial charge in [0.05, 0.1) is 0 Å². The molecular formula is C10H20O. The van der Waals surface area contributed by atoms with Gasteiger partial charge in [0, 0.05) is 12.3 Å². The van der Waals surface area contributed by atoms with Crippen LogP contribution in [0.3, 0.4) is 0 Å². The molecule has 0 saturated heterocycles. The predicted octanol–water partition coefficient (Wildman–Crippen LogP) is 3.18. The van der Waals surface area contributed by atoms with Crippen LogP contribution in [0.2, 0.25) is 0 Å². The molecular weight excluding hydrogens is 136 g/mol. The molecule has 11 heavy (non-hydrogen) atoms. The average molecular weight is 156 g/mol. The van der Waals surface area contributed by atoms with Gasteiger partial charge in [0.1, 0.15) is 5.78 Å². The Kier molecular flexibility index (Phi) is 6.19. The fraction of sp³-hybridized carbons (Fsp3) is 0.900. The van der Waals surface area contributed by atoms with Gasteiger partial charge in [-0.15, -0.1) is 0 Å². The minimum atomic E-state index is 0.335. The molecule has 0 aliphatic rings. The molecule has 0 heterocycles. The Labute approximate surface area is 70.2 Å². The topological polar surface area (TPSA) is 17.1 Å². The highest BCUT2D eigenvalue weighted by Crippen LogP contribution is 2.12. The summed E-state index contributed by atoms with van der Waals surface area (Å²) in [6.45, 7) is 6.32. The van der Waals surface area contributed by atoms with E-state index in [0.29, 0.717) is 11.7 Å². The molecule has 0 saturated carbocycles. The van der Waals surface area contributed by atoms with E-state index in [2.05, 4.69) is 20.8 Å². The number of hydrogen-bond donors (Lipinski definition) is 0. The first-order valence-electron chi connectivity index (χ1n) is 4.78. The smallest absolute Gasteiger partial charge is 0.135 e. The monoisotopic (exact) mass is 156 g/mol. The third-order valence-corrected chi connectivity index (χ3v) is 2.22. The Morgan fingerprint density at radius 2 is 1.73 bits per heavy atom. The molecule has 1 nitrogen and oxygen atoms in total. The Balaban J connectivity index is 3.61. The molecule has 0 aromatic carbocycles. The van der Waals surface area contributed by atoms with Crippen LogP contribution in [0.5, 0.6) is 0 Å². The number of hydrogen-bond acceptors (Lipinski definition) is 1. The zero-order valence-electron chi connectivity index (χ0n) is 8.02. The highest BCUT2D eigenvalue weighted by atomic mass is 16.1. The van der Waals surface area contributed by atoms with Crippen LogP contribution in [0.1, 0.15) is 52.9 Å². The second kappa shape index (κ2) is 6.38. The van der Waals surface area contributed by atoms with Gasteiger partial charge in [-0.05, 0) is 19.3 Å². The van der Waals surface area contributed by atoms with Gasteiger partial charge in [0.25, 0.3) is 0 Å². The summed E-state index contributed by atoms with van der Waals surface area (Å²) in [6.07, 6.45) is 5.02. The molecule has 0 bridgehead atoms. The van der Waals surface area contributed by atoms with Crippen molar-refractivity contribution in [3.63, 3.8) is 0 Å². The molecule has 0 amide bonds. The van der Waals surface area contributed by atoms with Gasteiger partial charge in [0.15, 0.2) is 0 Å². The quantitative estimate of drug-likeness (QED) is 0.577. The van der Waals surface area contributed by atoms with E-state index >= 15 is 0 Å². The number of carbonyl (C=O) groups is 1. The molecule has 0 rings (SSSR count). The van der Waals surface area contributed by atoms with Crippen LogP contribution < -0.4 is 0 Å². The van der Waals surface area contributed by atoms with E-state index < -0.39 is 0 Å². The van der Waals surface area contributed by atoms with Crippen molar-refractivity contribution in [1.82, 2.24) is 0 Å². The minimum absolute atomic E-state index is 0.335. The van der Waals surface area contributed by atoms with E-state index in [1.54, 1.807) is 0 Å². The second-order valence-corrected chi connectivity index (χ2v) is 3.08. The zero-order chi connectivity index (χ0) is 8.69. The van der Waals surface area contributed by atoms with Crippen molar-refractivity contribution in [3.05, 3.63) is 0 Å². The summed E-state index contributed by atoms with van der Waals surface area (Å²) in [5, 5.41) is 0. The summed E-state index contributed by atoms with van der Waals surface area (Å²) in [6, 6.07) is 0. The van der Waals surface area contributed by atoms with Crippen molar-refractivity contribution in [1.29, 1.82) is 0 Å². The lowest BCUT2D eigenvalue weighted by molar-refractivity contribution is -0.123. The summed E-state index contributed by atoms with van der Waals surface area (Å²) in [7, 11) is 0. The Morgan fingerprint density at radius 3 is 2.09 bits per heavy atom. The highest BCUT2D eigenvalue weighted by Gasteiger charge is 2.12. The normalized spacial score (nSPS) is 10.5. The van der Waals surface area contributed by atoms with Crippen molar-refractivity contribution < 1.29 is 4.79 Å². The molecule has 0 aliphatic carbocycles. The van der Waals surface area contributed by atoms with Gasteiger partial charge < -0.3 is 0 Å². The molecule has 0 spiro atoms. The molecule has 66 valence electrons. The molecule has 0 fully saturated rings. The SMILES string of the molecule is CCCCC(=O)C(CC)CC. The Bertz CT molecular complexity index is 103. The van der Waals surface area contributed by atoms with Gasteiger partial charge in [0.2, 0.25) is 0 Å². The number of rotatable bonds is 6. The van der Waals surface area contributed by atoms with Crippen LogP contribution in [0.25, 0.3) is 0 Å². The standard InChI is InChI=1S/C10H20O/c1-4-7-8-10(11)9(5-2)6-3/h9H,4-8H2,1-3H3. The fourth-order valence-electron chi connectivity index (χ4n) is 1.30. The number of Topliss-reactive ketones (excluding diaryl/α,β-unsaturated/α-hetero) is 1. The highest BCUT2D eigenvalue weighted by molar-refractivity contribution is 5.80. The fourth-order valence-corrected chi connectivity index (χ4v) is 1.30. The summed E-state index contributed by atoms with van der Waals surface area (Å²) < 4.78 is 0. The zero-order valence-corrected chi connectivity index (χ0v) is 8.02. The Morgan fingerprint density at radius 1 is 1.18 bits per heavy atom.